The Kier molecular flexibility index (Phi) is 8.55. The number of benzene rings is 3. The molecular weight excluding hydrogens is 474 g/mol. The van der Waals surface area contributed by atoms with Gasteiger partial charge in [0.1, 0.15) is 0 Å². The highest BCUT2D eigenvalue weighted by molar-refractivity contribution is 7.99. The van der Waals surface area contributed by atoms with E-state index in [1.165, 1.54) is 11.8 Å². The molecule has 1 aromatic heterocycles. The monoisotopic (exact) mass is 499 g/mol. The highest BCUT2D eigenvalue weighted by Crippen LogP contribution is 2.21. The fourth-order valence-corrected chi connectivity index (χ4v) is 4.10. The minimum Gasteiger partial charge on any atom is -0.345 e. The molecule has 4 rings (SSSR count). The molecule has 0 fully saturated rings. The summed E-state index contributed by atoms with van der Waals surface area (Å²) in [6, 6.07) is 25.6. The van der Waals surface area contributed by atoms with E-state index in [-0.39, 0.29) is 24.1 Å². The molecule has 36 heavy (non-hydrogen) atoms. The van der Waals surface area contributed by atoms with E-state index in [1.54, 1.807) is 36.4 Å². The van der Waals surface area contributed by atoms with Crippen LogP contribution in [-0.4, -0.2) is 32.3 Å². The van der Waals surface area contributed by atoms with Crippen LogP contribution < -0.4 is 10.6 Å². The van der Waals surface area contributed by atoms with Crippen LogP contribution in [0, 0.1) is 0 Å². The van der Waals surface area contributed by atoms with Gasteiger partial charge >= 0.3 is 0 Å². The Balaban J connectivity index is 1.27. The van der Waals surface area contributed by atoms with E-state index in [4.69, 9.17) is 0 Å². The van der Waals surface area contributed by atoms with Gasteiger partial charge in [-0.15, -0.1) is 10.2 Å². The van der Waals surface area contributed by atoms with E-state index in [9.17, 15) is 9.59 Å². The molecule has 182 valence electrons. The van der Waals surface area contributed by atoms with E-state index in [2.05, 4.69) is 31.1 Å². The summed E-state index contributed by atoms with van der Waals surface area (Å²) >= 11 is 1.29. The molecule has 0 saturated carbocycles. The zero-order chi connectivity index (χ0) is 25.2. The first kappa shape index (κ1) is 24.8. The summed E-state index contributed by atoms with van der Waals surface area (Å²) in [5.74, 6) is 0.458. The minimum absolute atomic E-state index is 0.164. The van der Waals surface area contributed by atoms with Gasteiger partial charge in [0.15, 0.2) is 11.0 Å². The van der Waals surface area contributed by atoms with Gasteiger partial charge in [-0.05, 0) is 55.5 Å². The molecule has 2 amide bonds. The smallest absolute Gasteiger partial charge is 0.251 e. The number of rotatable bonds is 10. The lowest BCUT2D eigenvalue weighted by molar-refractivity contribution is -0.113. The largest absolute Gasteiger partial charge is 0.345 e. The van der Waals surface area contributed by atoms with E-state index in [0.29, 0.717) is 34.5 Å². The Morgan fingerprint density at radius 3 is 2.17 bits per heavy atom. The van der Waals surface area contributed by atoms with Crippen LogP contribution in [0.5, 0.6) is 0 Å². The molecule has 0 saturated heterocycles. The maximum absolute atomic E-state index is 12.5. The van der Waals surface area contributed by atoms with E-state index < -0.39 is 0 Å². The van der Waals surface area contributed by atoms with Crippen LogP contribution in [-0.2, 0) is 17.9 Å². The predicted molar refractivity (Wildman–Crippen MR) is 140 cm³/mol. The highest BCUT2D eigenvalue weighted by atomic mass is 32.2. The molecule has 0 bridgehead atoms. The fourth-order valence-electron chi connectivity index (χ4n) is 3.27. The van der Waals surface area contributed by atoms with Gasteiger partial charge in [-0.3, -0.25) is 9.59 Å². The quantitative estimate of drug-likeness (QED) is 0.225. The summed E-state index contributed by atoms with van der Waals surface area (Å²) in [5, 5.41) is 23.1. The number of amides is 2. The average molecular weight is 500 g/mol. The molecule has 4 aromatic rings. The molecule has 0 atom stereocenters. The number of aromatic nitrogens is 3. The van der Waals surface area contributed by atoms with Crippen molar-refractivity contribution < 1.29 is 9.59 Å². The molecule has 0 radical (unpaired) electrons. The van der Waals surface area contributed by atoms with Crippen LogP contribution in [0.1, 0.15) is 23.1 Å². The Labute approximate surface area is 213 Å². The van der Waals surface area contributed by atoms with Crippen molar-refractivity contribution in [2.75, 3.05) is 11.1 Å². The normalized spacial score (nSPS) is 10.9. The first-order chi connectivity index (χ1) is 17.6. The molecule has 0 aliphatic heterocycles. The first-order valence-electron chi connectivity index (χ1n) is 11.4. The van der Waals surface area contributed by atoms with Crippen LogP contribution in [0.15, 0.2) is 100 Å². The van der Waals surface area contributed by atoms with Crippen molar-refractivity contribution in [3.63, 3.8) is 0 Å². The van der Waals surface area contributed by atoms with Crippen LogP contribution in [0.3, 0.4) is 0 Å². The Bertz CT molecular complexity index is 1320. The summed E-state index contributed by atoms with van der Waals surface area (Å²) in [5.41, 5.74) is 2.71. The number of hydrogen-bond donors (Lipinski definition) is 2. The van der Waals surface area contributed by atoms with Gasteiger partial charge in [0.05, 0.1) is 23.7 Å². The molecule has 9 nitrogen and oxygen atoms in total. The molecule has 0 spiro atoms. The van der Waals surface area contributed by atoms with E-state index in [1.807, 2.05) is 60.0 Å². The third-order valence-electron chi connectivity index (χ3n) is 5.07. The molecule has 10 heteroatoms. The van der Waals surface area contributed by atoms with Gasteiger partial charge < -0.3 is 15.2 Å². The van der Waals surface area contributed by atoms with Gasteiger partial charge in [0.25, 0.3) is 5.91 Å². The zero-order valence-corrected chi connectivity index (χ0v) is 20.5. The first-order valence-corrected chi connectivity index (χ1v) is 12.4. The maximum atomic E-state index is 12.5. The zero-order valence-electron chi connectivity index (χ0n) is 19.7. The van der Waals surface area contributed by atoms with Crippen LogP contribution in [0.4, 0.5) is 17.1 Å². The second-order valence-electron chi connectivity index (χ2n) is 7.61. The SMILES string of the molecule is CCn1c(CNC(=O)c2ccccc2)nnc1SCC(=O)Nc1ccc(N=Nc2ccccc2)cc1. The summed E-state index contributed by atoms with van der Waals surface area (Å²) < 4.78 is 1.88. The van der Waals surface area contributed by atoms with Gasteiger partial charge in [-0.25, -0.2) is 0 Å². The molecular formula is C26H25N7O2S. The Hall–Kier alpha value is -4.31. The maximum Gasteiger partial charge on any atom is 0.251 e. The second-order valence-corrected chi connectivity index (χ2v) is 8.55. The van der Waals surface area contributed by atoms with Gasteiger partial charge in [-0.2, -0.15) is 10.2 Å². The average Bonchev–Trinajstić information content (AvgIpc) is 3.33. The van der Waals surface area contributed by atoms with Gasteiger partial charge in [0, 0.05) is 17.8 Å². The number of thioether (sulfide) groups is 1. The van der Waals surface area contributed by atoms with Gasteiger partial charge in [-0.1, -0.05) is 48.2 Å². The number of azo groups is 1. The van der Waals surface area contributed by atoms with Crippen molar-refractivity contribution in [2.24, 2.45) is 10.2 Å². The third-order valence-corrected chi connectivity index (χ3v) is 6.04. The van der Waals surface area contributed by atoms with Crippen molar-refractivity contribution >= 4 is 40.6 Å². The molecule has 2 N–H and O–H groups in total. The van der Waals surface area contributed by atoms with Crippen LogP contribution >= 0.6 is 11.8 Å². The second kappa shape index (κ2) is 12.4. The Morgan fingerprint density at radius 2 is 1.50 bits per heavy atom. The van der Waals surface area contributed by atoms with Crippen molar-refractivity contribution in [2.45, 2.75) is 25.2 Å². The van der Waals surface area contributed by atoms with Gasteiger partial charge in [0.2, 0.25) is 5.91 Å². The lowest BCUT2D eigenvalue weighted by Gasteiger charge is -2.09. The lowest BCUT2D eigenvalue weighted by atomic mass is 10.2. The standard InChI is InChI=1S/C26H25N7O2S/c1-2-33-23(17-27-25(35)19-9-5-3-6-10-19)31-32-26(33)36-18-24(34)28-20-13-15-22(16-14-20)30-29-21-11-7-4-8-12-21/h3-16H,2,17-18H2,1H3,(H,27,35)(H,28,34). The van der Waals surface area contributed by atoms with Crippen LogP contribution in [0.25, 0.3) is 0 Å². The summed E-state index contributed by atoms with van der Waals surface area (Å²) in [6.45, 7) is 2.83. The number of nitrogens with one attached hydrogen (secondary N) is 2. The summed E-state index contributed by atoms with van der Waals surface area (Å²) in [6.07, 6.45) is 0. The van der Waals surface area contributed by atoms with E-state index >= 15 is 0 Å². The number of hydrogen-bond acceptors (Lipinski definition) is 7. The summed E-state index contributed by atoms with van der Waals surface area (Å²) in [7, 11) is 0. The molecule has 0 aliphatic rings. The molecule has 0 aliphatic carbocycles. The Morgan fingerprint density at radius 1 is 0.861 bits per heavy atom. The topological polar surface area (TPSA) is 114 Å². The molecule has 0 unspecified atom stereocenters. The molecule has 1 heterocycles. The third kappa shape index (κ3) is 6.86. The molecule has 3 aromatic carbocycles. The number of anilines is 1. The van der Waals surface area contributed by atoms with Crippen molar-refractivity contribution in [3.05, 3.63) is 96.3 Å². The predicted octanol–water partition coefficient (Wildman–Crippen LogP) is 5.37. The van der Waals surface area contributed by atoms with Crippen molar-refractivity contribution in [1.29, 1.82) is 0 Å². The lowest BCUT2D eigenvalue weighted by Crippen LogP contribution is -2.24. The number of carbonyl (C=O) groups is 2. The van der Waals surface area contributed by atoms with Crippen molar-refractivity contribution in [1.82, 2.24) is 20.1 Å². The highest BCUT2D eigenvalue weighted by Gasteiger charge is 2.14. The number of nitrogens with zero attached hydrogens (tertiary/aromatic N) is 5. The number of carbonyl (C=O) groups excluding carboxylic acids is 2. The van der Waals surface area contributed by atoms with E-state index in [0.717, 1.165) is 5.69 Å². The van der Waals surface area contributed by atoms with Crippen molar-refractivity contribution in [3.8, 4) is 0 Å². The fraction of sp³-hybridized carbons (Fsp3) is 0.154. The summed E-state index contributed by atoms with van der Waals surface area (Å²) in [4.78, 5) is 24.8. The minimum atomic E-state index is -0.178. The van der Waals surface area contributed by atoms with Crippen LogP contribution in [0.2, 0.25) is 0 Å².